The van der Waals surface area contributed by atoms with Crippen LogP contribution in [0.4, 0.5) is 4.39 Å². The van der Waals surface area contributed by atoms with Gasteiger partial charge >= 0.3 is 0 Å². The zero-order chi connectivity index (χ0) is 22.5. The lowest BCUT2D eigenvalue weighted by molar-refractivity contribution is 0.0941. The lowest BCUT2D eigenvalue weighted by Crippen LogP contribution is -2.35. The Bertz CT molecular complexity index is 995. The van der Waals surface area contributed by atoms with Crippen LogP contribution in [0.25, 0.3) is 0 Å². The minimum Gasteiger partial charge on any atom is -0.350 e. The summed E-state index contributed by atoms with van der Waals surface area (Å²) in [5.74, 6) is -0.791. The molecule has 0 fully saturated rings. The highest BCUT2D eigenvalue weighted by Crippen LogP contribution is 2.26. The number of nitrogens with one attached hydrogen (secondary N) is 1. The minimum absolute atomic E-state index is 0.0596. The largest absolute Gasteiger partial charge is 0.350 e. The molecule has 0 bridgehead atoms. The number of amides is 1. The van der Waals surface area contributed by atoms with Gasteiger partial charge in [-0.15, -0.1) is 0 Å². The quantitative estimate of drug-likeness (QED) is 0.627. The van der Waals surface area contributed by atoms with E-state index in [1.165, 1.54) is 34.6 Å². The van der Waals surface area contributed by atoms with Gasteiger partial charge in [0.05, 0.1) is 11.1 Å². The van der Waals surface area contributed by atoms with Crippen LogP contribution in [0.1, 0.15) is 35.8 Å². The Kier molecular flexibility index (Phi) is 8.37. The highest BCUT2D eigenvalue weighted by molar-refractivity contribution is 7.89. The summed E-state index contributed by atoms with van der Waals surface area (Å²) in [5.41, 5.74) is 0.906. The van der Waals surface area contributed by atoms with Crippen molar-refractivity contribution in [2.24, 2.45) is 0 Å². The number of rotatable bonds is 9. The number of benzene rings is 2. The fourth-order valence-corrected chi connectivity index (χ4v) is 5.11. The summed E-state index contributed by atoms with van der Waals surface area (Å²) < 4.78 is 40.5. The summed E-state index contributed by atoms with van der Waals surface area (Å²) in [6.45, 7) is 4.28. The molecule has 2 aromatic rings. The molecule has 1 unspecified atom stereocenters. The normalized spacial score (nSPS) is 12.9. The van der Waals surface area contributed by atoms with Crippen LogP contribution < -0.4 is 5.32 Å². The van der Waals surface area contributed by atoms with Gasteiger partial charge in [0.1, 0.15) is 10.7 Å². The van der Waals surface area contributed by atoms with Crippen LogP contribution in [-0.4, -0.2) is 57.3 Å². The van der Waals surface area contributed by atoms with E-state index >= 15 is 0 Å². The summed E-state index contributed by atoms with van der Waals surface area (Å²) in [6, 6.07) is 10.1. The summed E-state index contributed by atoms with van der Waals surface area (Å²) in [4.78, 5) is 14.5. The molecule has 1 N–H and O–H groups in total. The third kappa shape index (κ3) is 5.57. The SMILES string of the molecule is CCN(CC)S(=O)(=O)c1cc(C(=O)NCC(c2cccc(F)c2)N(C)C)ccc1Cl. The molecule has 164 valence electrons. The van der Waals surface area contributed by atoms with E-state index in [-0.39, 0.29) is 33.9 Å². The zero-order valence-electron chi connectivity index (χ0n) is 17.5. The maximum atomic E-state index is 13.6. The highest BCUT2D eigenvalue weighted by Gasteiger charge is 2.26. The van der Waals surface area contributed by atoms with Crippen LogP contribution in [-0.2, 0) is 10.0 Å². The van der Waals surface area contributed by atoms with E-state index in [0.717, 1.165) is 5.56 Å². The molecular formula is C21H27ClFN3O3S. The van der Waals surface area contributed by atoms with Crippen LogP contribution in [0.2, 0.25) is 5.02 Å². The first-order valence-electron chi connectivity index (χ1n) is 9.61. The number of sulfonamides is 1. The average Bonchev–Trinajstić information content (AvgIpc) is 2.68. The van der Waals surface area contributed by atoms with Crippen molar-refractivity contribution in [1.29, 1.82) is 0 Å². The first-order chi connectivity index (χ1) is 14.1. The molecule has 0 saturated heterocycles. The first-order valence-corrected chi connectivity index (χ1v) is 11.4. The second kappa shape index (κ2) is 10.3. The number of nitrogens with zero attached hydrogens (tertiary/aromatic N) is 2. The number of carbonyl (C=O) groups excluding carboxylic acids is 1. The van der Waals surface area contributed by atoms with Gasteiger partial charge in [-0.2, -0.15) is 4.31 Å². The van der Waals surface area contributed by atoms with Gasteiger partial charge in [0.2, 0.25) is 10.0 Å². The Labute approximate surface area is 182 Å². The van der Waals surface area contributed by atoms with E-state index in [0.29, 0.717) is 13.1 Å². The molecule has 0 aliphatic rings. The smallest absolute Gasteiger partial charge is 0.251 e. The van der Waals surface area contributed by atoms with E-state index in [4.69, 9.17) is 11.6 Å². The second-order valence-corrected chi connectivity index (χ2v) is 9.29. The third-order valence-electron chi connectivity index (χ3n) is 4.83. The Morgan fingerprint density at radius 1 is 1.13 bits per heavy atom. The molecule has 0 saturated carbocycles. The van der Waals surface area contributed by atoms with Gasteiger partial charge in [-0.25, -0.2) is 12.8 Å². The van der Waals surface area contributed by atoms with Gasteiger partial charge in [-0.05, 0) is 50.0 Å². The molecule has 1 amide bonds. The lowest BCUT2D eigenvalue weighted by Gasteiger charge is -2.25. The maximum Gasteiger partial charge on any atom is 0.251 e. The summed E-state index contributed by atoms with van der Waals surface area (Å²) in [7, 11) is -0.145. The molecular weight excluding hydrogens is 429 g/mol. The van der Waals surface area contributed by atoms with Gasteiger partial charge < -0.3 is 10.2 Å². The molecule has 0 radical (unpaired) electrons. The summed E-state index contributed by atoms with van der Waals surface area (Å²) in [5, 5.41) is 2.86. The Morgan fingerprint density at radius 2 is 1.80 bits per heavy atom. The predicted octanol–water partition coefficient (Wildman–Crippen LogP) is 3.54. The number of halogens is 2. The Morgan fingerprint density at radius 3 is 2.37 bits per heavy atom. The van der Waals surface area contributed by atoms with Gasteiger partial charge in [0, 0.05) is 25.2 Å². The number of carbonyl (C=O) groups is 1. The van der Waals surface area contributed by atoms with Crippen LogP contribution >= 0.6 is 11.6 Å². The predicted molar refractivity (Wildman–Crippen MR) is 117 cm³/mol. The van der Waals surface area contributed by atoms with Gasteiger partial charge in [0.15, 0.2) is 0 Å². The minimum atomic E-state index is -3.81. The molecule has 0 spiro atoms. The molecule has 1 atom stereocenters. The van der Waals surface area contributed by atoms with Crippen molar-refractivity contribution < 1.29 is 17.6 Å². The summed E-state index contributed by atoms with van der Waals surface area (Å²) in [6.07, 6.45) is 0. The van der Waals surface area contributed by atoms with Crippen molar-refractivity contribution in [3.8, 4) is 0 Å². The van der Waals surface area contributed by atoms with Crippen molar-refractivity contribution in [2.45, 2.75) is 24.8 Å². The standard InChI is InChI=1S/C21H27ClFN3O3S/c1-5-26(6-2)30(28,29)20-13-16(10-11-18(20)22)21(27)24-14-19(25(3)4)15-8-7-9-17(23)12-15/h7-13,19H,5-6,14H2,1-4H3,(H,24,27). The fourth-order valence-electron chi connectivity index (χ4n) is 3.15. The molecule has 6 nitrogen and oxygen atoms in total. The van der Waals surface area contributed by atoms with Gasteiger partial charge in [0.25, 0.3) is 5.91 Å². The van der Waals surface area contributed by atoms with E-state index in [1.807, 2.05) is 19.0 Å². The number of likely N-dealkylation sites (N-methyl/N-ethyl adjacent to an activating group) is 1. The van der Waals surface area contributed by atoms with E-state index in [1.54, 1.807) is 26.0 Å². The first kappa shape index (κ1) is 24.3. The van der Waals surface area contributed by atoms with Crippen molar-refractivity contribution in [3.05, 3.63) is 64.4 Å². The van der Waals surface area contributed by atoms with Crippen molar-refractivity contribution >= 4 is 27.5 Å². The number of hydrogen-bond donors (Lipinski definition) is 1. The van der Waals surface area contributed by atoms with Crippen LogP contribution in [0.5, 0.6) is 0 Å². The average molecular weight is 456 g/mol. The van der Waals surface area contributed by atoms with Crippen LogP contribution in [0.15, 0.2) is 47.4 Å². The molecule has 30 heavy (non-hydrogen) atoms. The molecule has 0 aliphatic heterocycles. The molecule has 9 heteroatoms. The van der Waals surface area contributed by atoms with E-state index in [2.05, 4.69) is 5.32 Å². The molecule has 0 heterocycles. The van der Waals surface area contributed by atoms with Gasteiger partial charge in [-0.3, -0.25) is 4.79 Å². The van der Waals surface area contributed by atoms with E-state index < -0.39 is 15.9 Å². The molecule has 0 aliphatic carbocycles. The maximum absolute atomic E-state index is 13.6. The topological polar surface area (TPSA) is 69.7 Å². The second-order valence-electron chi connectivity index (χ2n) is 6.98. The summed E-state index contributed by atoms with van der Waals surface area (Å²) >= 11 is 6.13. The third-order valence-corrected chi connectivity index (χ3v) is 7.36. The van der Waals surface area contributed by atoms with Crippen molar-refractivity contribution in [1.82, 2.24) is 14.5 Å². The van der Waals surface area contributed by atoms with E-state index in [9.17, 15) is 17.6 Å². The Hall–Kier alpha value is -2.00. The van der Waals surface area contributed by atoms with Crippen LogP contribution in [0.3, 0.4) is 0 Å². The highest BCUT2D eigenvalue weighted by atomic mass is 35.5. The van der Waals surface area contributed by atoms with Crippen LogP contribution in [0, 0.1) is 5.82 Å². The zero-order valence-corrected chi connectivity index (χ0v) is 19.1. The van der Waals surface area contributed by atoms with Gasteiger partial charge in [-0.1, -0.05) is 37.6 Å². The monoisotopic (exact) mass is 455 g/mol. The Balaban J connectivity index is 2.25. The fraction of sp³-hybridized carbons (Fsp3) is 0.381. The van der Waals surface area contributed by atoms with Crippen molar-refractivity contribution in [2.75, 3.05) is 33.7 Å². The lowest BCUT2D eigenvalue weighted by atomic mass is 10.1. The molecule has 0 aromatic heterocycles. The number of hydrogen-bond acceptors (Lipinski definition) is 4. The molecule has 2 aromatic carbocycles. The molecule has 2 rings (SSSR count). The van der Waals surface area contributed by atoms with Crippen molar-refractivity contribution in [3.63, 3.8) is 0 Å².